The van der Waals surface area contributed by atoms with Gasteiger partial charge < -0.3 is 10.5 Å². The molecule has 0 spiro atoms. The summed E-state index contributed by atoms with van der Waals surface area (Å²) in [6.07, 6.45) is 7.43. The van der Waals surface area contributed by atoms with Crippen molar-refractivity contribution in [3.8, 4) is 6.07 Å². The van der Waals surface area contributed by atoms with Gasteiger partial charge in [-0.05, 0) is 160 Å². The number of carbonyl (C=O) groups is 2. The second-order valence-corrected chi connectivity index (χ2v) is 19.0. The molecule has 4 heterocycles. The number of hydrogen-bond donors (Lipinski definition) is 2. The molecule has 3 aromatic heterocycles. The Morgan fingerprint density at radius 1 is 0.671 bits per heavy atom. The van der Waals surface area contributed by atoms with Crippen molar-refractivity contribution in [2.24, 2.45) is 28.9 Å². The highest BCUT2D eigenvalue weighted by Gasteiger charge is 2.13. The largest absolute Gasteiger partial charge is 0.465 e. The summed E-state index contributed by atoms with van der Waals surface area (Å²) in [5.41, 5.74) is 21.0. The van der Waals surface area contributed by atoms with E-state index in [1.54, 1.807) is 23.0 Å². The van der Waals surface area contributed by atoms with Gasteiger partial charge in [0, 0.05) is 12.7 Å². The van der Waals surface area contributed by atoms with Crippen molar-refractivity contribution in [2.75, 3.05) is 12.8 Å². The third-order valence-electron chi connectivity index (χ3n) is 11.6. The molecule has 3 aliphatic rings. The molecule has 0 radical (unpaired) electrons. The number of aromatic amines is 1. The molecule has 16 heteroatoms. The number of anilines is 1. The van der Waals surface area contributed by atoms with Crippen LogP contribution in [0, 0.1) is 71.6 Å². The Hall–Kier alpha value is -8.03. The van der Waals surface area contributed by atoms with Crippen LogP contribution in [0.1, 0.15) is 101 Å². The smallest absolute Gasteiger partial charge is 0.368 e. The first-order valence-electron chi connectivity index (χ1n) is 24.2. The zero-order chi connectivity index (χ0) is 53.0. The predicted molar refractivity (Wildman–Crippen MR) is 292 cm³/mol. The number of H-pyrrole nitrogens is 1. The van der Waals surface area contributed by atoms with E-state index < -0.39 is 6.03 Å². The molecule has 2 fully saturated rings. The molecule has 6 aromatic carbocycles. The van der Waals surface area contributed by atoms with Crippen LogP contribution in [-0.2, 0) is 11.8 Å². The molecule has 2 saturated carbocycles. The summed E-state index contributed by atoms with van der Waals surface area (Å²) in [5, 5.41) is 29.1. The third-order valence-corrected chi connectivity index (χ3v) is 12.1. The van der Waals surface area contributed by atoms with E-state index in [0.717, 1.165) is 73.5 Å². The fraction of sp³-hybridized carbons (Fsp3) is 0.316. The number of urea groups is 1. The van der Waals surface area contributed by atoms with E-state index in [-0.39, 0.29) is 5.97 Å². The zero-order valence-electron chi connectivity index (χ0n) is 43.8. The van der Waals surface area contributed by atoms with Crippen molar-refractivity contribution in [3.05, 3.63) is 170 Å². The van der Waals surface area contributed by atoms with Crippen LogP contribution in [0.25, 0.3) is 33.1 Å². The third kappa shape index (κ3) is 18.3. The molecule has 0 saturated heterocycles. The van der Waals surface area contributed by atoms with Gasteiger partial charge >= 0.3 is 12.0 Å². The number of aryl methyl sites for hydroxylation is 8. The fourth-order valence-electron chi connectivity index (χ4n) is 6.77. The van der Waals surface area contributed by atoms with Crippen LogP contribution in [0.15, 0.2) is 119 Å². The first kappa shape index (κ1) is 55.9. The predicted octanol–water partition coefficient (Wildman–Crippen LogP) is 11.7. The molecule has 73 heavy (non-hydrogen) atoms. The van der Waals surface area contributed by atoms with Gasteiger partial charge in [0.1, 0.15) is 39.2 Å². The van der Waals surface area contributed by atoms with Crippen molar-refractivity contribution in [3.63, 3.8) is 0 Å². The SMILES string of the molecule is CC1CC1.CC1CCC1.COC(=O)c1cccc(C)c1.Cc1cc(C#N)c2nsnc2c1.Cc1ccc2c(c1)=NC(=O)N=2.Cc1ccc2n[nH]nc2c1.Cc1ccc2nn(C)nc2c1C.Cc1cccc(N)c1. The second kappa shape index (κ2) is 27.5. The molecule has 9 aromatic rings. The van der Waals surface area contributed by atoms with Crippen LogP contribution in [-0.4, -0.2) is 58.3 Å². The number of ether oxygens (including phenoxy) is 1. The van der Waals surface area contributed by atoms with Crippen LogP contribution >= 0.6 is 11.7 Å². The maximum absolute atomic E-state index is 10.9. The lowest BCUT2D eigenvalue weighted by Gasteiger charge is -2.18. The molecule has 0 bridgehead atoms. The quantitative estimate of drug-likeness (QED) is 0.116. The molecular weight excluding hydrogens is 933 g/mol. The van der Waals surface area contributed by atoms with Crippen LogP contribution in [0.5, 0.6) is 0 Å². The summed E-state index contributed by atoms with van der Waals surface area (Å²) in [6.45, 7) is 18.6. The Morgan fingerprint density at radius 2 is 1.27 bits per heavy atom. The number of nitrogens with zero attached hydrogens (tertiary/aromatic N) is 10. The second-order valence-electron chi connectivity index (χ2n) is 18.4. The minimum atomic E-state index is -0.398. The monoisotopic (exact) mass is 999 g/mol. The first-order valence-corrected chi connectivity index (χ1v) is 24.9. The van der Waals surface area contributed by atoms with Crippen molar-refractivity contribution in [2.45, 2.75) is 94.4 Å². The number of aromatic nitrogens is 8. The van der Waals surface area contributed by atoms with Gasteiger partial charge in [-0.15, -0.1) is 0 Å². The van der Waals surface area contributed by atoms with Gasteiger partial charge in [-0.2, -0.15) is 54.4 Å². The standard InChI is InChI=1S/C9H11N3.C9H10O2.C8H5N3S.C8H6N2O.C7H7N3.C7H9N.C5H10.C4H8/c1-6-4-5-8-9(7(6)2)11-12(3)10-8;1-7-4-3-5-8(6-7)9(10)11-2;1-5-2-6(4-9)8-7(3-5)10-12-11-8;1-5-2-3-6-7(4-5)10-8(11)9-6;1-5-2-3-6-7(4-5)9-10-8-6;1-6-3-2-4-7(8)5-6;1-5-3-2-4-5;1-4-2-3-4/h4-5H,1-3H3;3-6H,1-2H3;2-3H,1H3;2-4H,1H3;2-4H,1H3,(H,8,9,10);2-5H,8H2,1H3;5H,2-4H2,1H3;4H,2-3H2,1H3. The lowest BCUT2D eigenvalue weighted by atomic mass is 9.88. The van der Waals surface area contributed by atoms with E-state index in [9.17, 15) is 9.59 Å². The number of nitriles is 1. The molecule has 378 valence electrons. The van der Waals surface area contributed by atoms with E-state index >= 15 is 0 Å². The molecule has 12 rings (SSSR count). The Labute approximate surface area is 431 Å². The van der Waals surface area contributed by atoms with Crippen LogP contribution in [0.2, 0.25) is 0 Å². The van der Waals surface area contributed by atoms with E-state index in [1.165, 1.54) is 61.5 Å². The maximum Gasteiger partial charge on any atom is 0.368 e. The molecule has 0 atom stereocenters. The Bertz CT molecular complexity index is 3420. The van der Waals surface area contributed by atoms with E-state index in [0.29, 0.717) is 27.4 Å². The Morgan fingerprint density at radius 3 is 1.88 bits per heavy atom. The van der Waals surface area contributed by atoms with Crippen molar-refractivity contribution < 1.29 is 14.3 Å². The van der Waals surface area contributed by atoms with Gasteiger partial charge in [-0.3, -0.25) is 0 Å². The number of rotatable bonds is 1. The fourth-order valence-corrected chi connectivity index (χ4v) is 7.31. The number of esters is 1. The lowest BCUT2D eigenvalue weighted by Crippen LogP contribution is -2.20. The number of carbonyl (C=O) groups excluding carboxylic acids is 2. The highest BCUT2D eigenvalue weighted by molar-refractivity contribution is 7.00. The summed E-state index contributed by atoms with van der Waals surface area (Å²) in [4.78, 5) is 30.6. The summed E-state index contributed by atoms with van der Waals surface area (Å²) < 4.78 is 12.7. The van der Waals surface area contributed by atoms with Crippen molar-refractivity contribution in [1.29, 1.82) is 5.26 Å². The minimum Gasteiger partial charge on any atom is -0.465 e. The number of hydrogen-bond acceptors (Lipinski definition) is 12. The normalized spacial score (nSPS) is 12.5. The number of amides is 2. The van der Waals surface area contributed by atoms with Crippen LogP contribution in [0.3, 0.4) is 0 Å². The number of nitrogen functional groups attached to an aromatic ring is 1. The van der Waals surface area contributed by atoms with Gasteiger partial charge in [-0.1, -0.05) is 94.0 Å². The average molecular weight is 999 g/mol. The number of fused-ring (bicyclic) bond motifs is 4. The molecule has 15 nitrogen and oxygen atoms in total. The summed E-state index contributed by atoms with van der Waals surface area (Å²) in [5.74, 6) is 1.86. The van der Waals surface area contributed by atoms with E-state index in [1.807, 2.05) is 127 Å². The number of nitrogens with one attached hydrogen (secondary N) is 1. The Kier molecular flexibility index (Phi) is 21.1. The summed E-state index contributed by atoms with van der Waals surface area (Å²) in [7, 11) is 3.22. The molecule has 2 amide bonds. The van der Waals surface area contributed by atoms with Gasteiger partial charge in [0.25, 0.3) is 0 Å². The average Bonchev–Trinajstić information content (AvgIpc) is 3.74. The highest BCUT2D eigenvalue weighted by Crippen LogP contribution is 2.27. The number of methoxy groups -OCH3 is 1. The topological polar surface area (TPSA) is 216 Å². The van der Waals surface area contributed by atoms with Gasteiger partial charge in [0.2, 0.25) is 0 Å². The molecule has 1 aliphatic heterocycles. The Balaban J connectivity index is 0.000000157. The van der Waals surface area contributed by atoms with Crippen LogP contribution in [0.4, 0.5) is 10.5 Å². The number of benzene rings is 6. The van der Waals surface area contributed by atoms with Gasteiger partial charge in [0.15, 0.2) is 0 Å². The van der Waals surface area contributed by atoms with E-state index in [2.05, 4.69) is 88.9 Å². The van der Waals surface area contributed by atoms with Crippen molar-refractivity contribution in [1.82, 2.24) is 39.2 Å². The summed E-state index contributed by atoms with van der Waals surface area (Å²) in [6, 6.07) is 36.2. The first-order chi connectivity index (χ1) is 34.9. The van der Waals surface area contributed by atoms with Gasteiger partial charge in [0.05, 0.1) is 40.7 Å². The van der Waals surface area contributed by atoms with Crippen molar-refractivity contribution >= 4 is 62.5 Å². The van der Waals surface area contributed by atoms with E-state index in [4.69, 9.17) is 11.0 Å². The zero-order valence-corrected chi connectivity index (χ0v) is 44.6. The number of nitrogens with two attached hydrogens (primary N) is 1. The van der Waals surface area contributed by atoms with Gasteiger partial charge in [-0.25, -0.2) is 9.59 Å². The molecule has 3 N–H and O–H groups in total. The highest BCUT2D eigenvalue weighted by atomic mass is 32.1. The van der Waals surface area contributed by atoms with Crippen LogP contribution < -0.4 is 16.4 Å². The lowest BCUT2D eigenvalue weighted by molar-refractivity contribution is 0.0600. The molecule has 2 aliphatic carbocycles. The molecular formula is C57H66N12O3S. The minimum absolute atomic E-state index is 0.284. The summed E-state index contributed by atoms with van der Waals surface area (Å²) >= 11 is 1.14. The maximum atomic E-state index is 10.9. The molecule has 0 unspecified atom stereocenters.